The summed E-state index contributed by atoms with van der Waals surface area (Å²) in [6, 6.07) is 25.3. The minimum atomic E-state index is -3.56. The molecule has 4 aromatic carbocycles. The number of nitrogens with zero attached hydrogens (tertiary/aromatic N) is 11. The van der Waals surface area contributed by atoms with Crippen molar-refractivity contribution in [2.45, 2.75) is 146 Å². The van der Waals surface area contributed by atoms with Crippen LogP contribution in [-0.4, -0.2) is 153 Å². The van der Waals surface area contributed by atoms with Crippen LogP contribution < -0.4 is 30.7 Å². The van der Waals surface area contributed by atoms with Crippen molar-refractivity contribution >= 4 is 89.3 Å². The highest BCUT2D eigenvalue weighted by atomic mass is 32.2. The number of sulfone groups is 2. The van der Waals surface area contributed by atoms with Crippen LogP contribution in [0.25, 0.3) is 11.3 Å². The molecule has 4 aromatic heterocycles. The van der Waals surface area contributed by atoms with Crippen molar-refractivity contribution in [2.24, 2.45) is 0 Å². The Balaban J connectivity index is 0.000000215. The first-order valence-corrected chi connectivity index (χ1v) is 34.7. The molecule has 486 valence electrons. The molecule has 4 N–H and O–H groups in total. The van der Waals surface area contributed by atoms with Gasteiger partial charge < -0.3 is 40.5 Å². The Kier molecular flexibility index (Phi) is 21.9. The van der Waals surface area contributed by atoms with E-state index >= 15 is 0 Å². The van der Waals surface area contributed by atoms with Crippen molar-refractivity contribution in [2.75, 3.05) is 80.8 Å². The van der Waals surface area contributed by atoms with Crippen LogP contribution in [-0.2, 0) is 29.3 Å². The minimum Gasteiger partial charge on any atom is -0.495 e. The van der Waals surface area contributed by atoms with Gasteiger partial charge in [0.2, 0.25) is 35.6 Å². The van der Waals surface area contributed by atoms with Crippen LogP contribution >= 0.6 is 0 Å². The first-order valence-electron chi connectivity index (χ1n) is 31.6. The van der Waals surface area contributed by atoms with Gasteiger partial charge in [0.25, 0.3) is 0 Å². The van der Waals surface area contributed by atoms with Crippen LogP contribution in [0, 0.1) is 13.8 Å². The summed E-state index contributed by atoms with van der Waals surface area (Å²) in [5.74, 6) is 3.68. The molecule has 23 nitrogen and oxygen atoms in total. The second-order valence-corrected chi connectivity index (χ2v) is 28.5. The molecule has 91 heavy (non-hydrogen) atoms. The van der Waals surface area contributed by atoms with Crippen LogP contribution in [0.15, 0.2) is 107 Å². The number of rotatable bonds is 24. The maximum Gasteiger partial charge on any atom is 0.236 e. The predicted molar refractivity (Wildman–Crippen MR) is 357 cm³/mol. The third-order valence-corrected chi connectivity index (χ3v) is 21.4. The smallest absolute Gasteiger partial charge is 0.236 e. The first kappa shape index (κ1) is 67.0. The summed E-state index contributed by atoms with van der Waals surface area (Å²) in [4.78, 5) is 50.6. The largest absolute Gasteiger partial charge is 0.495 e. The lowest BCUT2D eigenvalue weighted by Crippen LogP contribution is -2.43. The van der Waals surface area contributed by atoms with Gasteiger partial charge in [-0.3, -0.25) is 14.5 Å². The van der Waals surface area contributed by atoms with Crippen molar-refractivity contribution in [3.05, 3.63) is 120 Å². The van der Waals surface area contributed by atoms with Gasteiger partial charge in [-0.05, 0) is 176 Å². The molecule has 0 aliphatic carbocycles. The number of likely N-dealkylation sites (tertiary alicyclic amines) is 2. The van der Waals surface area contributed by atoms with Crippen LogP contribution in [0.2, 0.25) is 0 Å². The summed E-state index contributed by atoms with van der Waals surface area (Å²) in [5, 5.41) is 20.5. The maximum absolute atomic E-state index is 13.1. The van der Waals surface area contributed by atoms with E-state index in [4.69, 9.17) is 14.5 Å². The second kappa shape index (κ2) is 29.7. The number of piperidine rings is 2. The molecule has 2 aliphatic heterocycles. The number of anilines is 8. The van der Waals surface area contributed by atoms with E-state index in [1.54, 1.807) is 108 Å². The standard InChI is InChI=1S/C33H44N8O4S.C33H43N7O4S/c1-7-39(8-2)21-31(42)40-17-14-24(15-18-40)25-20-28(45-6)27(19-23(25)5)35-32-37-30-13-16-34-41(30)33(38-32)36-26-11-9-10-12-29(26)46(43,44)22(3)4;1-6-8-13-31(41)39-18-15-24(16-19-39)25-21-28(44-7-2)27(20-23(25)5)35-32-37-30-14-17-34-40(30)33(38-32)36-26-11-9-10-12-29(26)45(42,43)22(3)4/h9-13,16,19-20,22,24H,7-8,14-15,17-18,21H2,1-6H3,(H2,35,36,37,38);9-12,14,17,20-22,24H,6-8,13,15-16,18-19H2,1-5H3,(H2,35,36,37,38). The van der Waals surface area contributed by atoms with Gasteiger partial charge in [0.05, 0.1) is 75.7 Å². The average Bonchev–Trinajstić information content (AvgIpc) is 1.79. The number of aryl methyl sites for hydroxylation is 2. The predicted octanol–water partition coefficient (Wildman–Crippen LogP) is 11.6. The fourth-order valence-electron chi connectivity index (χ4n) is 11.6. The van der Waals surface area contributed by atoms with Crippen LogP contribution in [0.3, 0.4) is 0 Å². The van der Waals surface area contributed by atoms with Crippen molar-refractivity contribution in [3.8, 4) is 11.5 Å². The SMILES string of the molecule is CCCCC(=O)N1CCC(c2cc(OCC)c(Nc3nc(Nc4ccccc4S(=O)(=O)C(C)C)n4nccc4n3)cc2C)CC1.CCN(CC)CC(=O)N1CCC(c2cc(OC)c(Nc3nc(Nc4ccccc4S(=O)(=O)C(C)C)n4nccc4n3)cc2C)CC1. The zero-order chi connectivity index (χ0) is 65.1. The van der Waals surface area contributed by atoms with E-state index in [0.717, 1.165) is 94.6 Å². The quantitative estimate of drug-likeness (QED) is 0.0438. The number of benzene rings is 4. The summed E-state index contributed by atoms with van der Waals surface area (Å²) in [5.41, 5.74) is 7.94. The molecule has 8 aromatic rings. The van der Waals surface area contributed by atoms with E-state index in [1.807, 2.05) is 22.8 Å². The summed E-state index contributed by atoms with van der Waals surface area (Å²) in [6.07, 6.45) is 9.44. The lowest BCUT2D eigenvalue weighted by Gasteiger charge is -2.34. The maximum atomic E-state index is 13.1. The van der Waals surface area contributed by atoms with Crippen molar-refractivity contribution in [3.63, 3.8) is 0 Å². The van der Waals surface area contributed by atoms with Crippen LogP contribution in [0.1, 0.15) is 134 Å². The third kappa shape index (κ3) is 15.5. The summed E-state index contributed by atoms with van der Waals surface area (Å²) >= 11 is 0. The molecule has 0 bridgehead atoms. The highest BCUT2D eigenvalue weighted by molar-refractivity contribution is 7.92. The summed E-state index contributed by atoms with van der Waals surface area (Å²) < 4.78 is 67.3. The lowest BCUT2D eigenvalue weighted by molar-refractivity contribution is -0.133. The molecule has 0 spiro atoms. The van der Waals surface area contributed by atoms with E-state index < -0.39 is 30.2 Å². The number of methoxy groups -OCH3 is 1. The molecular formula is C66H87N15O8S2. The van der Waals surface area contributed by atoms with Crippen LogP contribution in [0.5, 0.6) is 11.5 Å². The Morgan fingerprint density at radius 1 is 0.582 bits per heavy atom. The lowest BCUT2D eigenvalue weighted by atomic mass is 9.86. The zero-order valence-electron chi connectivity index (χ0n) is 54.2. The molecule has 6 heterocycles. The molecule has 10 rings (SSSR count). The topological polar surface area (TPSA) is 265 Å². The van der Waals surface area contributed by atoms with Crippen molar-refractivity contribution in [1.29, 1.82) is 0 Å². The molecule has 2 amide bonds. The number of carbonyl (C=O) groups excluding carboxylic acids is 2. The van der Waals surface area contributed by atoms with E-state index in [-0.39, 0.29) is 21.6 Å². The van der Waals surface area contributed by atoms with Crippen molar-refractivity contribution < 1.29 is 35.9 Å². The number of para-hydroxylation sites is 2. The van der Waals surface area contributed by atoms with E-state index in [1.165, 1.54) is 20.2 Å². The number of hydrogen-bond donors (Lipinski definition) is 4. The molecule has 0 unspecified atom stereocenters. The molecule has 0 saturated carbocycles. The van der Waals surface area contributed by atoms with E-state index in [2.05, 4.69) is 104 Å². The molecular weight excluding hydrogens is 1190 g/mol. The fraction of sp³-hybridized carbons (Fsp3) is 0.455. The Labute approximate surface area is 534 Å². The zero-order valence-corrected chi connectivity index (χ0v) is 55.8. The molecule has 0 radical (unpaired) electrons. The number of unbranched alkanes of at least 4 members (excludes halogenated alkanes) is 1. The first-order chi connectivity index (χ1) is 43.7. The van der Waals surface area contributed by atoms with Gasteiger partial charge in [0, 0.05) is 44.7 Å². The van der Waals surface area contributed by atoms with Crippen molar-refractivity contribution in [1.82, 2.24) is 53.9 Å². The highest BCUT2D eigenvalue weighted by Gasteiger charge is 2.30. The molecule has 25 heteroatoms. The van der Waals surface area contributed by atoms with E-state index in [9.17, 15) is 26.4 Å². The van der Waals surface area contributed by atoms with Gasteiger partial charge >= 0.3 is 0 Å². The Bertz CT molecular complexity index is 4080. The number of hydrogen-bond acceptors (Lipinski definition) is 19. The number of ether oxygens (including phenoxy) is 2. The molecule has 2 aliphatic rings. The van der Waals surface area contributed by atoms with Crippen LogP contribution in [0.4, 0.5) is 46.5 Å². The monoisotopic (exact) mass is 1280 g/mol. The van der Waals surface area contributed by atoms with Gasteiger partial charge in [-0.15, -0.1) is 0 Å². The number of amides is 2. The molecule has 2 fully saturated rings. The van der Waals surface area contributed by atoms with Gasteiger partial charge in [0.1, 0.15) is 11.5 Å². The second-order valence-electron chi connectivity index (χ2n) is 23.5. The Morgan fingerprint density at radius 2 is 1.02 bits per heavy atom. The molecule has 0 atom stereocenters. The number of carbonyl (C=O) groups is 2. The Morgan fingerprint density at radius 3 is 1.45 bits per heavy atom. The summed E-state index contributed by atoms with van der Waals surface area (Å²) in [7, 11) is -5.48. The van der Waals surface area contributed by atoms with Gasteiger partial charge in [-0.1, -0.05) is 51.5 Å². The average molecular weight is 1280 g/mol. The van der Waals surface area contributed by atoms with Gasteiger partial charge in [0.15, 0.2) is 31.0 Å². The fourth-order valence-corrected chi connectivity index (χ4v) is 14.0. The number of fused-ring (bicyclic) bond motifs is 2. The van der Waals surface area contributed by atoms with E-state index in [0.29, 0.717) is 95.1 Å². The number of likely N-dealkylation sites (N-methyl/N-ethyl adjacent to an activating group) is 1. The number of nitrogens with one attached hydrogen (secondary N) is 4. The van der Waals surface area contributed by atoms with Gasteiger partial charge in [-0.25, -0.2) is 16.8 Å². The Hall–Kier alpha value is -8.42. The van der Waals surface area contributed by atoms with Gasteiger partial charge in [-0.2, -0.15) is 39.2 Å². The number of aromatic nitrogens is 8. The minimum absolute atomic E-state index is 0.186. The summed E-state index contributed by atoms with van der Waals surface area (Å²) in [6.45, 7) is 24.7. The normalized spacial score (nSPS) is 14.3. The molecule has 2 saturated heterocycles. The third-order valence-electron chi connectivity index (χ3n) is 17.0. The highest BCUT2D eigenvalue weighted by Crippen LogP contribution is 2.40.